The molecule has 3 nitrogen and oxygen atoms in total. The molecule has 2 aromatic carbocycles. The van der Waals surface area contributed by atoms with Gasteiger partial charge in [0, 0.05) is 12.1 Å². The molecule has 1 heterocycles. The van der Waals surface area contributed by atoms with Crippen molar-refractivity contribution in [3.63, 3.8) is 0 Å². The van der Waals surface area contributed by atoms with E-state index >= 15 is 0 Å². The third-order valence-electron chi connectivity index (χ3n) is 6.02. The molecule has 28 heavy (non-hydrogen) atoms. The fourth-order valence-electron chi connectivity index (χ4n) is 4.12. The van der Waals surface area contributed by atoms with Crippen molar-refractivity contribution in [2.45, 2.75) is 66.0 Å². The van der Waals surface area contributed by atoms with Gasteiger partial charge in [0.25, 0.3) is 5.91 Å². The summed E-state index contributed by atoms with van der Waals surface area (Å²) in [6.07, 6.45) is 5.31. The third kappa shape index (κ3) is 5.23. The summed E-state index contributed by atoms with van der Waals surface area (Å²) in [4.78, 5) is 15.3. The Hall–Kier alpha value is -2.13. The molecule has 2 aromatic rings. The molecule has 1 fully saturated rings. The van der Waals surface area contributed by atoms with Crippen LogP contribution in [0.3, 0.4) is 0 Å². The monoisotopic (exact) mass is 378 g/mol. The van der Waals surface area contributed by atoms with E-state index in [4.69, 9.17) is 0 Å². The van der Waals surface area contributed by atoms with Crippen LogP contribution in [0.2, 0.25) is 0 Å². The van der Waals surface area contributed by atoms with Gasteiger partial charge in [0.05, 0.1) is 6.04 Å². The second kappa shape index (κ2) is 9.38. The van der Waals surface area contributed by atoms with Gasteiger partial charge < -0.3 is 5.32 Å². The Morgan fingerprint density at radius 2 is 1.54 bits per heavy atom. The van der Waals surface area contributed by atoms with Crippen LogP contribution in [0.1, 0.15) is 76.8 Å². The minimum atomic E-state index is -0.0106. The number of carbonyl (C=O) groups is 1. The van der Waals surface area contributed by atoms with Crippen LogP contribution in [-0.4, -0.2) is 23.9 Å². The van der Waals surface area contributed by atoms with E-state index in [-0.39, 0.29) is 11.9 Å². The van der Waals surface area contributed by atoms with Crippen LogP contribution in [0.15, 0.2) is 36.4 Å². The fraction of sp³-hybridized carbons (Fsp3) is 0.480. The average molecular weight is 379 g/mol. The molecule has 1 aliphatic rings. The van der Waals surface area contributed by atoms with Gasteiger partial charge in [-0.2, -0.15) is 0 Å². The van der Waals surface area contributed by atoms with Gasteiger partial charge in [0.2, 0.25) is 0 Å². The molecule has 0 aliphatic carbocycles. The number of nitrogens with zero attached hydrogens (tertiary/aromatic N) is 1. The number of benzene rings is 2. The molecule has 0 radical (unpaired) electrons. The second-order valence-corrected chi connectivity index (χ2v) is 8.38. The van der Waals surface area contributed by atoms with Gasteiger partial charge in [-0.25, -0.2) is 0 Å². The summed E-state index contributed by atoms with van der Waals surface area (Å²) in [5.74, 6) is -0.00792. The summed E-state index contributed by atoms with van der Waals surface area (Å²) in [5.41, 5.74) is 6.99. The maximum absolute atomic E-state index is 12.7. The predicted molar refractivity (Wildman–Crippen MR) is 117 cm³/mol. The Bertz CT molecular complexity index is 802. The van der Waals surface area contributed by atoms with E-state index in [1.807, 2.05) is 12.1 Å². The summed E-state index contributed by atoms with van der Waals surface area (Å²) in [7, 11) is 0. The number of likely N-dealkylation sites (tertiary alicyclic amines) is 1. The highest BCUT2D eigenvalue weighted by Gasteiger charge is 2.15. The molecule has 0 bridgehead atoms. The Morgan fingerprint density at radius 1 is 0.929 bits per heavy atom. The standard InChI is InChI=1S/C25H34N2O/c1-18-15-20(3)24(16-19(18)2)21(4)26-25(28)23-11-9-22(10-12-23)17-27-13-7-5-6-8-14-27/h9-12,15-16,21H,5-8,13-14,17H2,1-4H3,(H,26,28). The first-order valence-electron chi connectivity index (χ1n) is 10.6. The van der Waals surface area contributed by atoms with Crippen molar-refractivity contribution in [2.24, 2.45) is 0 Å². The van der Waals surface area contributed by atoms with Gasteiger partial charge in [-0.15, -0.1) is 0 Å². The summed E-state index contributed by atoms with van der Waals surface area (Å²) >= 11 is 0. The first kappa shape index (κ1) is 20.6. The lowest BCUT2D eigenvalue weighted by molar-refractivity contribution is 0.0940. The molecule has 1 atom stereocenters. The predicted octanol–water partition coefficient (Wildman–Crippen LogP) is 5.48. The molecule has 3 rings (SSSR count). The Morgan fingerprint density at radius 3 is 2.18 bits per heavy atom. The number of aryl methyl sites for hydroxylation is 3. The summed E-state index contributed by atoms with van der Waals surface area (Å²) < 4.78 is 0. The van der Waals surface area contributed by atoms with Gasteiger partial charge in [-0.3, -0.25) is 9.69 Å². The zero-order valence-electron chi connectivity index (χ0n) is 17.8. The van der Waals surface area contributed by atoms with Crippen molar-refractivity contribution in [3.8, 4) is 0 Å². The molecular formula is C25H34N2O. The van der Waals surface area contributed by atoms with E-state index in [0.29, 0.717) is 0 Å². The van der Waals surface area contributed by atoms with Crippen LogP contribution in [0.25, 0.3) is 0 Å². The molecule has 1 amide bonds. The van der Waals surface area contributed by atoms with E-state index in [0.717, 1.165) is 12.1 Å². The Kier molecular flexibility index (Phi) is 6.90. The number of hydrogen-bond acceptors (Lipinski definition) is 2. The highest BCUT2D eigenvalue weighted by atomic mass is 16.1. The van der Waals surface area contributed by atoms with Crippen molar-refractivity contribution in [3.05, 3.63) is 69.8 Å². The van der Waals surface area contributed by atoms with E-state index < -0.39 is 0 Å². The molecule has 1 N–H and O–H groups in total. The summed E-state index contributed by atoms with van der Waals surface area (Å²) in [6.45, 7) is 11.8. The lowest BCUT2D eigenvalue weighted by Gasteiger charge is -2.20. The van der Waals surface area contributed by atoms with Crippen molar-refractivity contribution in [2.75, 3.05) is 13.1 Å². The SMILES string of the molecule is Cc1cc(C)c(C(C)NC(=O)c2ccc(CN3CCCCCC3)cc2)cc1C. The lowest BCUT2D eigenvalue weighted by atomic mass is 9.96. The maximum atomic E-state index is 12.7. The Labute approximate surface area is 170 Å². The minimum absolute atomic E-state index is 0.00792. The van der Waals surface area contributed by atoms with Crippen LogP contribution in [0, 0.1) is 20.8 Å². The Balaban J connectivity index is 1.62. The zero-order chi connectivity index (χ0) is 20.1. The van der Waals surface area contributed by atoms with Crippen LogP contribution < -0.4 is 5.32 Å². The minimum Gasteiger partial charge on any atom is -0.346 e. The largest absolute Gasteiger partial charge is 0.346 e. The maximum Gasteiger partial charge on any atom is 0.251 e. The number of nitrogens with one attached hydrogen (secondary N) is 1. The van der Waals surface area contributed by atoms with Crippen molar-refractivity contribution in [1.29, 1.82) is 0 Å². The first-order chi connectivity index (χ1) is 13.4. The van der Waals surface area contributed by atoms with E-state index in [9.17, 15) is 4.79 Å². The summed E-state index contributed by atoms with van der Waals surface area (Å²) in [6, 6.07) is 12.5. The number of carbonyl (C=O) groups excluding carboxylic acids is 1. The lowest BCUT2D eigenvalue weighted by Crippen LogP contribution is -2.27. The van der Waals surface area contributed by atoms with Crippen LogP contribution in [-0.2, 0) is 6.54 Å². The van der Waals surface area contributed by atoms with E-state index in [2.05, 4.69) is 62.2 Å². The molecule has 0 spiro atoms. The molecule has 3 heteroatoms. The summed E-state index contributed by atoms with van der Waals surface area (Å²) in [5, 5.41) is 3.16. The highest BCUT2D eigenvalue weighted by molar-refractivity contribution is 5.94. The zero-order valence-corrected chi connectivity index (χ0v) is 17.8. The van der Waals surface area contributed by atoms with Crippen LogP contribution >= 0.6 is 0 Å². The number of amides is 1. The smallest absolute Gasteiger partial charge is 0.251 e. The number of hydrogen-bond donors (Lipinski definition) is 1. The molecule has 0 aromatic heterocycles. The van der Waals surface area contributed by atoms with Crippen LogP contribution in [0.4, 0.5) is 0 Å². The molecule has 1 saturated heterocycles. The number of rotatable bonds is 5. The molecular weight excluding hydrogens is 344 g/mol. The highest BCUT2D eigenvalue weighted by Crippen LogP contribution is 2.22. The van der Waals surface area contributed by atoms with Gasteiger partial charge in [0.1, 0.15) is 0 Å². The quantitative estimate of drug-likeness (QED) is 0.747. The van der Waals surface area contributed by atoms with Crippen molar-refractivity contribution >= 4 is 5.91 Å². The van der Waals surface area contributed by atoms with Crippen LogP contribution in [0.5, 0.6) is 0 Å². The molecule has 0 saturated carbocycles. The van der Waals surface area contributed by atoms with Gasteiger partial charge in [0.15, 0.2) is 0 Å². The molecule has 150 valence electrons. The normalized spacial score (nSPS) is 16.4. The van der Waals surface area contributed by atoms with Gasteiger partial charge in [-0.1, -0.05) is 37.1 Å². The second-order valence-electron chi connectivity index (χ2n) is 8.38. The van der Waals surface area contributed by atoms with Crippen molar-refractivity contribution < 1.29 is 4.79 Å². The van der Waals surface area contributed by atoms with E-state index in [1.165, 1.54) is 66.6 Å². The third-order valence-corrected chi connectivity index (χ3v) is 6.02. The molecule has 1 aliphatic heterocycles. The molecule has 1 unspecified atom stereocenters. The van der Waals surface area contributed by atoms with Gasteiger partial charge >= 0.3 is 0 Å². The average Bonchev–Trinajstić information content (AvgIpc) is 2.94. The first-order valence-corrected chi connectivity index (χ1v) is 10.6. The van der Waals surface area contributed by atoms with Crippen molar-refractivity contribution in [1.82, 2.24) is 10.2 Å². The van der Waals surface area contributed by atoms with Gasteiger partial charge in [-0.05, 0) is 93.6 Å². The van der Waals surface area contributed by atoms with E-state index in [1.54, 1.807) is 0 Å². The fourth-order valence-corrected chi connectivity index (χ4v) is 4.12. The topological polar surface area (TPSA) is 32.3 Å².